The molecule has 2 N–H and O–H groups in total. The highest BCUT2D eigenvalue weighted by Crippen LogP contribution is 2.39. The van der Waals surface area contributed by atoms with Crippen molar-refractivity contribution in [3.05, 3.63) is 27.8 Å². The van der Waals surface area contributed by atoms with Crippen LogP contribution in [0.15, 0.2) is 6.07 Å². The molecule has 1 aromatic carbocycles. The molecule has 0 bridgehead atoms. The zero-order valence-electron chi connectivity index (χ0n) is 14.7. The van der Waals surface area contributed by atoms with E-state index in [1.165, 1.54) is 0 Å². The summed E-state index contributed by atoms with van der Waals surface area (Å²) in [5.74, 6) is -0.0597. The second-order valence-electron chi connectivity index (χ2n) is 6.75. The Morgan fingerprint density at radius 3 is 2.81 bits per heavy atom. The Kier molecular flexibility index (Phi) is 4.43. The van der Waals surface area contributed by atoms with Gasteiger partial charge in [-0.05, 0) is 6.42 Å². The highest BCUT2D eigenvalue weighted by molar-refractivity contribution is 5.95. The Bertz CT molecular complexity index is 895. The second-order valence-corrected chi connectivity index (χ2v) is 6.75. The van der Waals surface area contributed by atoms with Crippen molar-refractivity contribution < 1.29 is 19.2 Å². The molecule has 3 rings (SSSR count). The average molecular weight is 365 g/mol. The summed E-state index contributed by atoms with van der Waals surface area (Å²) in [6.07, 6.45) is -0.637. The van der Waals surface area contributed by atoms with E-state index in [4.69, 9.17) is 5.11 Å². The molecule has 1 amide bonds. The Hall–Kier alpha value is -2.91. The van der Waals surface area contributed by atoms with Crippen molar-refractivity contribution in [2.45, 2.75) is 32.2 Å². The summed E-state index contributed by atoms with van der Waals surface area (Å²) < 4.78 is 16.2. The second kappa shape index (κ2) is 6.43. The van der Waals surface area contributed by atoms with Crippen LogP contribution in [0.5, 0.6) is 0 Å². The van der Waals surface area contributed by atoms with Crippen molar-refractivity contribution >= 4 is 28.5 Å². The Morgan fingerprint density at radius 1 is 1.54 bits per heavy atom. The molecular formula is C16H20FN5O4. The summed E-state index contributed by atoms with van der Waals surface area (Å²) >= 11 is 0. The molecule has 1 aliphatic rings. The number of halogens is 1. The van der Waals surface area contributed by atoms with Gasteiger partial charge in [0.2, 0.25) is 0 Å². The fourth-order valence-corrected chi connectivity index (χ4v) is 3.56. The molecule has 1 saturated heterocycles. The third-order valence-electron chi connectivity index (χ3n) is 4.63. The maximum absolute atomic E-state index is 14.6. The number of carboxylic acid groups (broad SMARTS) is 1. The summed E-state index contributed by atoms with van der Waals surface area (Å²) in [4.78, 5) is 27.9. The van der Waals surface area contributed by atoms with E-state index in [-0.39, 0.29) is 40.9 Å². The van der Waals surface area contributed by atoms with Crippen LogP contribution in [0.2, 0.25) is 0 Å². The molecule has 2 heterocycles. The number of rotatable bonds is 4. The minimum Gasteiger partial charge on any atom is -0.465 e. The van der Waals surface area contributed by atoms with Crippen molar-refractivity contribution in [2.24, 2.45) is 7.05 Å². The first kappa shape index (κ1) is 17.9. The van der Waals surface area contributed by atoms with Gasteiger partial charge in [0, 0.05) is 26.1 Å². The number of nitrogens with zero attached hydrogens (tertiary/aromatic N) is 4. The highest BCUT2D eigenvalue weighted by atomic mass is 19.1. The molecule has 0 radical (unpaired) electrons. The molecule has 2 aromatic rings. The molecule has 1 fully saturated rings. The number of amides is 1. The molecule has 1 aliphatic heterocycles. The van der Waals surface area contributed by atoms with Gasteiger partial charge >= 0.3 is 6.09 Å². The van der Waals surface area contributed by atoms with Crippen molar-refractivity contribution in [2.75, 3.05) is 18.0 Å². The SMILES string of the molecule is CC(C)c1nc2c(N3CCC(NC(=O)O)C3)c([N+](=O)[O-])cc(F)c2n1C. The van der Waals surface area contributed by atoms with Crippen molar-refractivity contribution in [3.63, 3.8) is 0 Å². The van der Waals surface area contributed by atoms with E-state index in [0.29, 0.717) is 18.8 Å². The minimum atomic E-state index is -1.14. The minimum absolute atomic E-state index is 0.0127. The van der Waals surface area contributed by atoms with Gasteiger partial charge in [0.1, 0.15) is 22.5 Å². The zero-order valence-corrected chi connectivity index (χ0v) is 14.7. The molecule has 9 nitrogen and oxygen atoms in total. The number of fused-ring (bicyclic) bond motifs is 1. The van der Waals surface area contributed by atoms with Crippen LogP contribution >= 0.6 is 0 Å². The number of nitro benzene ring substituents is 1. The topological polar surface area (TPSA) is 114 Å². The number of carbonyl (C=O) groups is 1. The number of benzene rings is 1. The van der Waals surface area contributed by atoms with E-state index in [0.717, 1.165) is 6.07 Å². The standard InChI is InChI=1S/C16H20FN5O4/c1-8(2)15-19-12-13(20(15)3)10(17)6-11(22(25)26)14(12)21-5-4-9(7-21)18-16(23)24/h6,8-9,18H,4-5,7H2,1-3H3,(H,23,24). The maximum Gasteiger partial charge on any atom is 0.404 e. The molecule has 1 unspecified atom stereocenters. The summed E-state index contributed by atoms with van der Waals surface area (Å²) in [5.41, 5.74) is 0.325. The van der Waals surface area contributed by atoms with Gasteiger partial charge in [0.05, 0.1) is 17.0 Å². The van der Waals surface area contributed by atoms with Gasteiger partial charge in [-0.3, -0.25) is 10.1 Å². The van der Waals surface area contributed by atoms with Crippen LogP contribution in [-0.4, -0.2) is 44.8 Å². The molecule has 1 atom stereocenters. The number of nitrogens with one attached hydrogen (secondary N) is 1. The van der Waals surface area contributed by atoms with Crippen LogP contribution in [0, 0.1) is 15.9 Å². The molecular weight excluding hydrogens is 345 g/mol. The summed E-state index contributed by atoms with van der Waals surface area (Å²) in [5, 5.41) is 22.8. The molecule has 1 aromatic heterocycles. The summed E-state index contributed by atoms with van der Waals surface area (Å²) in [7, 11) is 1.68. The predicted molar refractivity (Wildman–Crippen MR) is 93.2 cm³/mol. The van der Waals surface area contributed by atoms with E-state index in [1.807, 2.05) is 13.8 Å². The lowest BCUT2D eigenvalue weighted by molar-refractivity contribution is -0.384. The monoisotopic (exact) mass is 365 g/mol. The molecule has 140 valence electrons. The summed E-state index contributed by atoms with van der Waals surface area (Å²) in [6, 6.07) is 0.571. The number of nitro groups is 1. The van der Waals surface area contributed by atoms with Gasteiger partial charge in [-0.1, -0.05) is 13.8 Å². The van der Waals surface area contributed by atoms with Gasteiger partial charge in [0.15, 0.2) is 5.82 Å². The van der Waals surface area contributed by atoms with E-state index >= 15 is 0 Å². The van der Waals surface area contributed by atoms with Gasteiger partial charge < -0.3 is 19.9 Å². The molecule has 26 heavy (non-hydrogen) atoms. The van der Waals surface area contributed by atoms with E-state index in [9.17, 15) is 19.3 Å². The fourth-order valence-electron chi connectivity index (χ4n) is 3.56. The zero-order chi connectivity index (χ0) is 19.2. The van der Waals surface area contributed by atoms with Gasteiger partial charge in [0.25, 0.3) is 5.69 Å². The van der Waals surface area contributed by atoms with Crippen molar-refractivity contribution in [3.8, 4) is 0 Å². The van der Waals surface area contributed by atoms with Crippen LogP contribution in [0.1, 0.15) is 32.0 Å². The van der Waals surface area contributed by atoms with Crippen LogP contribution in [0.3, 0.4) is 0 Å². The quantitative estimate of drug-likeness (QED) is 0.636. The summed E-state index contributed by atoms with van der Waals surface area (Å²) in [6.45, 7) is 4.51. The largest absolute Gasteiger partial charge is 0.465 e. The van der Waals surface area contributed by atoms with Crippen LogP contribution in [-0.2, 0) is 7.05 Å². The van der Waals surface area contributed by atoms with Crippen molar-refractivity contribution in [1.82, 2.24) is 14.9 Å². The maximum atomic E-state index is 14.6. The van der Waals surface area contributed by atoms with Crippen LogP contribution < -0.4 is 10.2 Å². The Balaban J connectivity index is 2.18. The highest BCUT2D eigenvalue weighted by Gasteiger charge is 2.33. The lowest BCUT2D eigenvalue weighted by Crippen LogP contribution is -2.36. The molecule has 0 spiro atoms. The Morgan fingerprint density at radius 2 is 2.23 bits per heavy atom. The van der Waals surface area contributed by atoms with Crippen LogP contribution in [0.25, 0.3) is 11.0 Å². The van der Waals surface area contributed by atoms with Crippen molar-refractivity contribution in [1.29, 1.82) is 0 Å². The van der Waals surface area contributed by atoms with Crippen LogP contribution in [0.4, 0.5) is 20.6 Å². The molecule has 10 heteroatoms. The lowest BCUT2D eigenvalue weighted by Gasteiger charge is -2.19. The third-order valence-corrected chi connectivity index (χ3v) is 4.63. The number of aryl methyl sites for hydroxylation is 1. The lowest BCUT2D eigenvalue weighted by atomic mass is 10.2. The fraction of sp³-hybridized carbons (Fsp3) is 0.500. The molecule has 0 aliphatic carbocycles. The third kappa shape index (κ3) is 2.91. The smallest absolute Gasteiger partial charge is 0.404 e. The first-order valence-corrected chi connectivity index (χ1v) is 8.28. The Labute approximate surface area is 148 Å². The van der Waals surface area contributed by atoms with Gasteiger partial charge in [-0.2, -0.15) is 0 Å². The van der Waals surface area contributed by atoms with E-state index in [1.54, 1.807) is 16.5 Å². The first-order chi connectivity index (χ1) is 12.2. The first-order valence-electron chi connectivity index (χ1n) is 8.28. The van der Waals surface area contributed by atoms with Gasteiger partial charge in [-0.25, -0.2) is 14.2 Å². The number of imidazole rings is 1. The predicted octanol–water partition coefficient (Wildman–Crippen LogP) is 2.59. The number of aromatic nitrogens is 2. The van der Waals surface area contributed by atoms with Gasteiger partial charge in [-0.15, -0.1) is 0 Å². The van der Waals surface area contributed by atoms with E-state index in [2.05, 4.69) is 10.3 Å². The van der Waals surface area contributed by atoms with E-state index < -0.39 is 16.8 Å². The number of hydrogen-bond donors (Lipinski definition) is 2. The normalized spacial score (nSPS) is 17.3. The average Bonchev–Trinajstić information content (AvgIpc) is 3.11. The number of hydrogen-bond acceptors (Lipinski definition) is 5. The molecule has 0 saturated carbocycles. The number of anilines is 1.